The first-order chi connectivity index (χ1) is 9.88. The average molecular weight is 364 g/mol. The summed E-state index contributed by atoms with van der Waals surface area (Å²) in [4.78, 5) is 0. The monoisotopic (exact) mass is 363 g/mol. The molecule has 21 heavy (non-hydrogen) atoms. The van der Waals surface area contributed by atoms with Gasteiger partial charge in [0.1, 0.15) is 0 Å². The van der Waals surface area contributed by atoms with Crippen molar-refractivity contribution in [1.82, 2.24) is 0 Å². The van der Waals surface area contributed by atoms with Gasteiger partial charge in [0.2, 0.25) is 0 Å². The van der Waals surface area contributed by atoms with Gasteiger partial charge in [-0.15, -0.1) is 0 Å². The number of anilines is 1. The molecule has 0 aliphatic heterocycles. The van der Waals surface area contributed by atoms with E-state index in [1.54, 1.807) is 6.07 Å². The van der Waals surface area contributed by atoms with Gasteiger partial charge in [-0.25, -0.2) is 0 Å². The van der Waals surface area contributed by atoms with Gasteiger partial charge in [-0.1, -0.05) is 42.1 Å². The summed E-state index contributed by atoms with van der Waals surface area (Å²) in [5.41, 5.74) is -0.0592. The normalized spacial score (nSPS) is 23.7. The van der Waals surface area contributed by atoms with Crippen LogP contribution in [0.3, 0.4) is 0 Å². The Kier molecular flexibility index (Phi) is 5.58. The molecular formula is C16H21BrF3N. The smallest absolute Gasteiger partial charge is 0.382 e. The summed E-state index contributed by atoms with van der Waals surface area (Å²) in [6.45, 7) is 2.21. The topological polar surface area (TPSA) is 12.0 Å². The third kappa shape index (κ3) is 4.90. The molecule has 1 saturated carbocycles. The summed E-state index contributed by atoms with van der Waals surface area (Å²) >= 11 is 3.17. The van der Waals surface area contributed by atoms with E-state index in [0.29, 0.717) is 10.2 Å². The second kappa shape index (κ2) is 7.03. The molecular weight excluding hydrogens is 343 g/mol. The molecule has 0 spiro atoms. The Morgan fingerprint density at radius 3 is 2.57 bits per heavy atom. The molecule has 0 radical (unpaired) electrons. The number of rotatable bonds is 3. The summed E-state index contributed by atoms with van der Waals surface area (Å²) in [6.07, 6.45) is 2.50. The maximum Gasteiger partial charge on any atom is 0.416 e. The molecule has 5 heteroatoms. The molecule has 118 valence electrons. The molecule has 0 aromatic heterocycles. The molecule has 1 aromatic carbocycles. The highest BCUT2D eigenvalue weighted by molar-refractivity contribution is 9.10. The van der Waals surface area contributed by atoms with Crippen molar-refractivity contribution in [2.75, 3.05) is 5.32 Å². The van der Waals surface area contributed by atoms with Crippen molar-refractivity contribution in [3.05, 3.63) is 28.2 Å². The summed E-state index contributed by atoms with van der Waals surface area (Å²) < 4.78 is 39.0. The van der Waals surface area contributed by atoms with Crippen molar-refractivity contribution in [3.63, 3.8) is 0 Å². The molecule has 1 aromatic rings. The lowest BCUT2D eigenvalue weighted by atomic mass is 9.98. The molecule has 1 aliphatic rings. The molecule has 0 amide bonds. The van der Waals surface area contributed by atoms with Crippen LogP contribution in [0.25, 0.3) is 0 Å². The highest BCUT2D eigenvalue weighted by Gasteiger charge is 2.31. The number of hydrogen-bond donors (Lipinski definition) is 1. The van der Waals surface area contributed by atoms with Crippen molar-refractivity contribution in [2.45, 2.75) is 57.7 Å². The first-order valence-electron chi connectivity index (χ1n) is 7.53. The number of alkyl halides is 3. The maximum atomic E-state index is 12.8. The van der Waals surface area contributed by atoms with E-state index in [4.69, 9.17) is 0 Å². The van der Waals surface area contributed by atoms with Crippen molar-refractivity contribution in [3.8, 4) is 0 Å². The van der Waals surface area contributed by atoms with Gasteiger partial charge in [-0.3, -0.25) is 0 Å². The third-order valence-corrected chi connectivity index (χ3v) is 4.72. The molecule has 0 saturated heterocycles. The van der Waals surface area contributed by atoms with Crippen LogP contribution in [-0.4, -0.2) is 6.04 Å². The summed E-state index contributed by atoms with van der Waals surface area (Å²) in [5.74, 6) is 0.769. The summed E-state index contributed by atoms with van der Waals surface area (Å²) in [5, 5.41) is 3.29. The molecule has 0 bridgehead atoms. The van der Waals surface area contributed by atoms with Crippen molar-refractivity contribution >= 4 is 21.6 Å². The lowest BCUT2D eigenvalue weighted by Gasteiger charge is -2.19. The first-order valence-corrected chi connectivity index (χ1v) is 8.32. The molecule has 0 heterocycles. The fraction of sp³-hybridized carbons (Fsp3) is 0.625. The van der Waals surface area contributed by atoms with Crippen LogP contribution < -0.4 is 5.32 Å². The Morgan fingerprint density at radius 1 is 1.14 bits per heavy atom. The van der Waals surface area contributed by atoms with E-state index in [9.17, 15) is 13.2 Å². The zero-order valence-electron chi connectivity index (χ0n) is 12.1. The highest BCUT2D eigenvalue weighted by atomic mass is 79.9. The molecule has 2 unspecified atom stereocenters. The van der Waals surface area contributed by atoms with Crippen molar-refractivity contribution < 1.29 is 13.2 Å². The zero-order valence-corrected chi connectivity index (χ0v) is 13.7. The minimum atomic E-state index is -4.31. The zero-order chi connectivity index (χ0) is 15.5. The van der Waals surface area contributed by atoms with Gasteiger partial charge in [0.25, 0.3) is 0 Å². The Hall–Kier alpha value is -0.710. The van der Waals surface area contributed by atoms with E-state index in [1.807, 2.05) is 0 Å². The third-order valence-electron chi connectivity index (χ3n) is 4.26. The van der Waals surface area contributed by atoms with Crippen LogP contribution in [0.2, 0.25) is 0 Å². The fourth-order valence-corrected chi connectivity index (χ4v) is 3.50. The maximum absolute atomic E-state index is 12.8. The van der Waals surface area contributed by atoms with Gasteiger partial charge >= 0.3 is 6.18 Å². The minimum Gasteiger partial charge on any atom is -0.382 e. The second-order valence-corrected chi connectivity index (χ2v) is 6.77. The number of nitrogens with one attached hydrogen (secondary N) is 1. The number of benzene rings is 1. The molecule has 2 atom stereocenters. The Balaban J connectivity index is 2.07. The second-order valence-electron chi connectivity index (χ2n) is 5.85. The SMILES string of the molecule is CCC1CCCC(Nc2cc(Br)cc(C(F)(F)F)c2)CC1. The lowest BCUT2D eigenvalue weighted by Crippen LogP contribution is -2.19. The van der Waals surface area contributed by atoms with Gasteiger partial charge in [0.05, 0.1) is 5.56 Å². The minimum absolute atomic E-state index is 0.275. The van der Waals surface area contributed by atoms with E-state index >= 15 is 0 Å². The largest absolute Gasteiger partial charge is 0.416 e. The molecule has 2 rings (SSSR count). The van der Waals surface area contributed by atoms with Gasteiger partial charge in [0.15, 0.2) is 0 Å². The molecule has 1 nitrogen and oxygen atoms in total. The summed E-state index contributed by atoms with van der Waals surface area (Å²) in [6, 6.07) is 4.31. The number of halogens is 4. The Morgan fingerprint density at radius 2 is 1.90 bits per heavy atom. The van der Waals surface area contributed by atoms with E-state index in [1.165, 1.54) is 18.9 Å². The van der Waals surface area contributed by atoms with Crippen LogP contribution in [0.15, 0.2) is 22.7 Å². The van der Waals surface area contributed by atoms with Crippen LogP contribution in [0.4, 0.5) is 18.9 Å². The van der Waals surface area contributed by atoms with E-state index in [-0.39, 0.29) is 6.04 Å². The Bertz CT molecular complexity index is 473. The Labute approximate surface area is 132 Å². The summed E-state index contributed by atoms with van der Waals surface area (Å²) in [7, 11) is 0. The molecule has 1 N–H and O–H groups in total. The van der Waals surface area contributed by atoms with Gasteiger partial charge in [0, 0.05) is 16.2 Å². The van der Waals surface area contributed by atoms with Crippen LogP contribution in [0, 0.1) is 5.92 Å². The van der Waals surface area contributed by atoms with E-state index in [2.05, 4.69) is 28.2 Å². The van der Waals surface area contributed by atoms with Crippen molar-refractivity contribution in [2.24, 2.45) is 5.92 Å². The predicted molar refractivity (Wildman–Crippen MR) is 83.4 cm³/mol. The number of hydrogen-bond acceptors (Lipinski definition) is 1. The average Bonchev–Trinajstić information content (AvgIpc) is 2.62. The van der Waals surface area contributed by atoms with Crippen molar-refractivity contribution in [1.29, 1.82) is 0 Å². The van der Waals surface area contributed by atoms with Crippen LogP contribution in [0.1, 0.15) is 51.0 Å². The van der Waals surface area contributed by atoms with E-state index in [0.717, 1.165) is 37.7 Å². The van der Waals surface area contributed by atoms with Crippen LogP contribution >= 0.6 is 15.9 Å². The molecule has 1 fully saturated rings. The molecule has 1 aliphatic carbocycles. The van der Waals surface area contributed by atoms with Gasteiger partial charge in [-0.2, -0.15) is 13.2 Å². The quantitative estimate of drug-likeness (QED) is 0.626. The first kappa shape index (κ1) is 16.7. The van der Waals surface area contributed by atoms with Crippen LogP contribution in [-0.2, 0) is 6.18 Å². The standard InChI is InChI=1S/C16H21BrF3N/c1-2-11-4-3-5-14(7-6-11)21-15-9-12(16(18,19)20)8-13(17)10-15/h8-11,14,21H,2-7H2,1H3. The lowest BCUT2D eigenvalue weighted by molar-refractivity contribution is -0.137. The highest BCUT2D eigenvalue weighted by Crippen LogP contribution is 2.34. The van der Waals surface area contributed by atoms with Gasteiger partial charge in [-0.05, 0) is 43.4 Å². The van der Waals surface area contributed by atoms with E-state index < -0.39 is 11.7 Å². The fourth-order valence-electron chi connectivity index (χ4n) is 3.00. The van der Waals surface area contributed by atoms with Crippen LogP contribution in [0.5, 0.6) is 0 Å². The van der Waals surface area contributed by atoms with Gasteiger partial charge < -0.3 is 5.32 Å². The predicted octanol–water partition coefficient (Wildman–Crippen LogP) is 6.24.